The second-order valence-corrected chi connectivity index (χ2v) is 5.65. The molecule has 0 fully saturated rings. The van der Waals surface area contributed by atoms with Crippen LogP contribution in [0, 0.1) is 0 Å². The molecule has 0 spiro atoms. The van der Waals surface area contributed by atoms with Gasteiger partial charge in [0.15, 0.2) is 0 Å². The van der Waals surface area contributed by atoms with Gasteiger partial charge >= 0.3 is 0 Å². The van der Waals surface area contributed by atoms with Gasteiger partial charge in [0.1, 0.15) is 0 Å². The Bertz CT molecular complexity index is 1000. The van der Waals surface area contributed by atoms with Crippen LogP contribution in [-0.4, -0.2) is 17.4 Å². The summed E-state index contributed by atoms with van der Waals surface area (Å²) in [6, 6.07) is 13.4. The fraction of sp³-hybridized carbons (Fsp3) is 0.111. The standard InChI is InChI=1S/C18H15N3O2/c19-9-16(22)20-11-5-6-13-14(8-11)15-7-10-3-1-2-4-12(10)17(15)21-18(13)23/h1-6,8H,7,9,19H2,(H,20,22)(H,21,23). The third-order valence-corrected chi connectivity index (χ3v) is 4.25. The summed E-state index contributed by atoms with van der Waals surface area (Å²) < 4.78 is 0. The van der Waals surface area contributed by atoms with Crippen molar-refractivity contribution in [2.75, 3.05) is 11.9 Å². The van der Waals surface area contributed by atoms with Crippen molar-refractivity contribution in [3.8, 4) is 11.3 Å². The average molecular weight is 305 g/mol. The summed E-state index contributed by atoms with van der Waals surface area (Å²) in [5.41, 5.74) is 10.1. The fourth-order valence-electron chi connectivity index (χ4n) is 3.19. The number of pyridine rings is 1. The minimum atomic E-state index is -0.255. The molecule has 1 aliphatic carbocycles. The molecule has 2 aromatic carbocycles. The molecule has 1 amide bonds. The van der Waals surface area contributed by atoms with Gasteiger partial charge < -0.3 is 16.0 Å². The normalized spacial score (nSPS) is 12.0. The zero-order valence-electron chi connectivity index (χ0n) is 12.3. The maximum atomic E-state index is 12.4. The first-order chi connectivity index (χ1) is 11.2. The number of H-pyrrole nitrogens is 1. The van der Waals surface area contributed by atoms with E-state index < -0.39 is 0 Å². The number of nitrogens with one attached hydrogen (secondary N) is 2. The first-order valence-corrected chi connectivity index (χ1v) is 7.44. The number of aromatic amines is 1. The number of carbonyl (C=O) groups excluding carboxylic acids is 1. The van der Waals surface area contributed by atoms with Crippen molar-refractivity contribution in [3.05, 3.63) is 63.9 Å². The largest absolute Gasteiger partial charge is 0.325 e. The smallest absolute Gasteiger partial charge is 0.256 e. The molecule has 5 heteroatoms. The van der Waals surface area contributed by atoms with Crippen LogP contribution in [0.3, 0.4) is 0 Å². The van der Waals surface area contributed by atoms with Crippen LogP contribution in [0.25, 0.3) is 22.0 Å². The quantitative estimate of drug-likeness (QED) is 0.529. The highest BCUT2D eigenvalue weighted by Gasteiger charge is 2.22. The minimum Gasteiger partial charge on any atom is -0.325 e. The topological polar surface area (TPSA) is 88.0 Å². The maximum Gasteiger partial charge on any atom is 0.256 e. The van der Waals surface area contributed by atoms with E-state index in [1.807, 2.05) is 24.3 Å². The number of carbonyl (C=O) groups is 1. The van der Waals surface area contributed by atoms with Crippen LogP contribution in [0.5, 0.6) is 0 Å². The van der Waals surface area contributed by atoms with E-state index in [2.05, 4.69) is 16.4 Å². The molecule has 0 radical (unpaired) electrons. The lowest BCUT2D eigenvalue weighted by Crippen LogP contribution is -2.21. The van der Waals surface area contributed by atoms with Crippen molar-refractivity contribution in [1.29, 1.82) is 0 Å². The molecule has 1 heterocycles. The Morgan fingerprint density at radius 1 is 1.17 bits per heavy atom. The van der Waals surface area contributed by atoms with Crippen LogP contribution < -0.4 is 16.6 Å². The summed E-state index contributed by atoms with van der Waals surface area (Å²) in [6.07, 6.45) is 0.771. The summed E-state index contributed by atoms with van der Waals surface area (Å²) in [7, 11) is 0. The highest BCUT2D eigenvalue weighted by atomic mass is 16.1. The molecular formula is C18H15N3O2. The molecule has 0 saturated carbocycles. The Labute approximate surface area is 132 Å². The number of hydrogen-bond donors (Lipinski definition) is 3. The summed E-state index contributed by atoms with van der Waals surface area (Å²) in [5, 5.41) is 4.24. The van der Waals surface area contributed by atoms with Gasteiger partial charge in [0, 0.05) is 23.1 Å². The van der Waals surface area contributed by atoms with Crippen molar-refractivity contribution in [2.24, 2.45) is 5.73 Å². The third kappa shape index (κ3) is 2.13. The molecule has 5 nitrogen and oxygen atoms in total. The summed E-state index contributed by atoms with van der Waals surface area (Å²) in [6.45, 7) is -0.0725. The van der Waals surface area contributed by atoms with Crippen molar-refractivity contribution >= 4 is 22.4 Å². The van der Waals surface area contributed by atoms with Gasteiger partial charge in [-0.2, -0.15) is 0 Å². The lowest BCUT2D eigenvalue weighted by atomic mass is 10.0. The van der Waals surface area contributed by atoms with Crippen LogP contribution in [0.15, 0.2) is 47.3 Å². The Hall–Kier alpha value is -2.92. The molecule has 0 saturated heterocycles. The van der Waals surface area contributed by atoms with Crippen molar-refractivity contribution in [1.82, 2.24) is 4.98 Å². The molecule has 1 aromatic heterocycles. The number of hydrogen-bond acceptors (Lipinski definition) is 3. The van der Waals surface area contributed by atoms with E-state index in [4.69, 9.17) is 5.73 Å². The Kier molecular flexibility index (Phi) is 3.02. The van der Waals surface area contributed by atoms with Crippen LogP contribution in [-0.2, 0) is 11.2 Å². The van der Waals surface area contributed by atoms with E-state index in [-0.39, 0.29) is 18.0 Å². The van der Waals surface area contributed by atoms with Gasteiger partial charge in [-0.1, -0.05) is 24.3 Å². The maximum absolute atomic E-state index is 12.4. The van der Waals surface area contributed by atoms with Crippen LogP contribution in [0.2, 0.25) is 0 Å². The summed E-state index contributed by atoms with van der Waals surface area (Å²) >= 11 is 0. The molecule has 0 aliphatic heterocycles. The van der Waals surface area contributed by atoms with Crippen LogP contribution >= 0.6 is 0 Å². The van der Waals surface area contributed by atoms with Gasteiger partial charge in [0.05, 0.1) is 12.2 Å². The predicted molar refractivity (Wildman–Crippen MR) is 90.5 cm³/mol. The lowest BCUT2D eigenvalue weighted by molar-refractivity contribution is -0.114. The second kappa shape index (κ2) is 5.07. The van der Waals surface area contributed by atoms with E-state index in [0.717, 1.165) is 28.6 Å². The van der Waals surface area contributed by atoms with E-state index in [1.54, 1.807) is 12.1 Å². The highest BCUT2D eigenvalue weighted by molar-refractivity contribution is 5.98. The molecule has 0 atom stereocenters. The molecular weight excluding hydrogens is 290 g/mol. The summed E-state index contributed by atoms with van der Waals surface area (Å²) in [5.74, 6) is -0.255. The van der Waals surface area contributed by atoms with Crippen molar-refractivity contribution in [3.63, 3.8) is 0 Å². The van der Waals surface area contributed by atoms with Crippen LogP contribution in [0.4, 0.5) is 5.69 Å². The summed E-state index contributed by atoms with van der Waals surface area (Å²) in [4.78, 5) is 26.9. The lowest BCUT2D eigenvalue weighted by Gasteiger charge is -2.09. The first-order valence-electron chi connectivity index (χ1n) is 7.44. The molecule has 4 N–H and O–H groups in total. The molecule has 4 rings (SSSR count). The van der Waals surface area contributed by atoms with E-state index in [0.29, 0.717) is 11.1 Å². The Morgan fingerprint density at radius 3 is 2.83 bits per heavy atom. The molecule has 23 heavy (non-hydrogen) atoms. The molecule has 0 bridgehead atoms. The van der Waals surface area contributed by atoms with Gasteiger partial charge in [-0.15, -0.1) is 0 Å². The zero-order chi connectivity index (χ0) is 16.0. The molecule has 3 aromatic rings. The number of anilines is 1. The van der Waals surface area contributed by atoms with E-state index in [9.17, 15) is 9.59 Å². The molecule has 0 unspecified atom stereocenters. The second-order valence-electron chi connectivity index (χ2n) is 5.65. The molecule has 114 valence electrons. The van der Waals surface area contributed by atoms with Gasteiger partial charge in [-0.25, -0.2) is 0 Å². The Balaban J connectivity index is 1.94. The zero-order valence-corrected chi connectivity index (χ0v) is 12.3. The monoisotopic (exact) mass is 305 g/mol. The number of rotatable bonds is 2. The molecule has 1 aliphatic rings. The van der Waals surface area contributed by atoms with Gasteiger partial charge in [0.25, 0.3) is 5.56 Å². The van der Waals surface area contributed by atoms with Gasteiger partial charge in [0.2, 0.25) is 5.91 Å². The van der Waals surface area contributed by atoms with E-state index in [1.165, 1.54) is 5.56 Å². The minimum absolute atomic E-state index is 0.0725. The average Bonchev–Trinajstić information content (AvgIpc) is 2.94. The Morgan fingerprint density at radius 2 is 2.00 bits per heavy atom. The SMILES string of the molecule is NCC(=O)Nc1ccc2c(=O)[nH]c3c(c2c1)Cc1ccccc1-3. The van der Waals surface area contributed by atoms with Gasteiger partial charge in [-0.3, -0.25) is 9.59 Å². The first kappa shape index (κ1) is 13.7. The third-order valence-electron chi connectivity index (χ3n) is 4.25. The van der Waals surface area contributed by atoms with E-state index >= 15 is 0 Å². The van der Waals surface area contributed by atoms with Crippen molar-refractivity contribution in [2.45, 2.75) is 6.42 Å². The number of amides is 1. The number of fused-ring (bicyclic) bond motifs is 5. The predicted octanol–water partition coefficient (Wildman–Crippen LogP) is 2.00. The number of nitrogens with two attached hydrogens (primary N) is 1. The van der Waals surface area contributed by atoms with Gasteiger partial charge in [-0.05, 0) is 34.7 Å². The number of benzene rings is 2. The fourth-order valence-corrected chi connectivity index (χ4v) is 3.19. The number of aromatic nitrogens is 1. The highest BCUT2D eigenvalue weighted by Crippen LogP contribution is 2.38. The van der Waals surface area contributed by atoms with Crippen LogP contribution in [0.1, 0.15) is 11.1 Å². The van der Waals surface area contributed by atoms with Crippen molar-refractivity contribution < 1.29 is 4.79 Å².